The summed E-state index contributed by atoms with van der Waals surface area (Å²) in [5.74, 6) is -1.98. The van der Waals surface area contributed by atoms with E-state index < -0.39 is 35.5 Å². The molecule has 4 rings (SSSR count). The van der Waals surface area contributed by atoms with Gasteiger partial charge >= 0.3 is 24.1 Å². The van der Waals surface area contributed by atoms with Crippen molar-refractivity contribution in [3.8, 4) is 0 Å². The SMILES string of the molecule is CC(C)(C)OC(=O)N(CCc1ccccc1F)C(=O)Nc1cc(C(=O)OCc2ccccc2)cc(C(=O)OCc2ccccc2)c1. The summed E-state index contributed by atoms with van der Waals surface area (Å²) in [6.07, 6.45) is -0.940. The van der Waals surface area contributed by atoms with E-state index in [2.05, 4.69) is 5.32 Å². The van der Waals surface area contributed by atoms with E-state index in [1.54, 1.807) is 57.2 Å². The molecule has 4 aromatic carbocycles. The van der Waals surface area contributed by atoms with Crippen LogP contribution >= 0.6 is 0 Å². The number of carbonyl (C=O) groups excluding carboxylic acids is 4. The zero-order valence-electron chi connectivity index (χ0n) is 25.8. The Morgan fingerprint density at radius 1 is 0.717 bits per heavy atom. The summed E-state index contributed by atoms with van der Waals surface area (Å²) < 4.78 is 30.7. The molecule has 0 unspecified atom stereocenters. The average molecular weight is 627 g/mol. The minimum atomic E-state index is -0.956. The van der Waals surface area contributed by atoms with Gasteiger partial charge in [0.15, 0.2) is 0 Å². The molecule has 9 nitrogen and oxygen atoms in total. The number of ether oxygens (including phenoxy) is 3. The number of anilines is 1. The lowest BCUT2D eigenvalue weighted by atomic mass is 10.1. The van der Waals surface area contributed by atoms with Crippen molar-refractivity contribution in [2.75, 3.05) is 11.9 Å². The number of imide groups is 1. The van der Waals surface area contributed by atoms with Crippen molar-refractivity contribution in [2.45, 2.75) is 46.0 Å². The molecular formula is C36H35FN2O7. The van der Waals surface area contributed by atoms with Crippen LogP contribution in [0, 0.1) is 5.82 Å². The predicted octanol–water partition coefficient (Wildman–Crippen LogP) is 7.55. The summed E-state index contributed by atoms with van der Waals surface area (Å²) in [6, 6.07) is 27.1. The first-order valence-electron chi connectivity index (χ1n) is 14.6. The molecule has 0 aliphatic rings. The molecule has 0 saturated carbocycles. The van der Waals surface area contributed by atoms with Gasteiger partial charge in [0.25, 0.3) is 0 Å². The Hall–Kier alpha value is -5.51. The maximum absolute atomic E-state index is 14.3. The third kappa shape index (κ3) is 10.0. The highest BCUT2D eigenvalue weighted by molar-refractivity contribution is 6.02. The maximum Gasteiger partial charge on any atom is 0.418 e. The number of hydrogen-bond donors (Lipinski definition) is 1. The maximum atomic E-state index is 14.3. The fourth-order valence-electron chi connectivity index (χ4n) is 4.27. The molecule has 0 bridgehead atoms. The third-order valence-corrected chi connectivity index (χ3v) is 6.50. The van der Waals surface area contributed by atoms with Gasteiger partial charge in [-0.1, -0.05) is 78.9 Å². The molecule has 4 aromatic rings. The van der Waals surface area contributed by atoms with Crippen LogP contribution in [0.1, 0.15) is 58.2 Å². The molecule has 0 heterocycles. The van der Waals surface area contributed by atoms with E-state index in [4.69, 9.17) is 14.2 Å². The Kier molecular flexibility index (Phi) is 11.2. The van der Waals surface area contributed by atoms with Crippen LogP contribution in [0.4, 0.5) is 19.7 Å². The van der Waals surface area contributed by atoms with Gasteiger partial charge in [-0.25, -0.2) is 28.5 Å². The summed E-state index contributed by atoms with van der Waals surface area (Å²) in [5.41, 5.74) is 0.842. The second kappa shape index (κ2) is 15.5. The molecule has 0 saturated heterocycles. The lowest BCUT2D eigenvalue weighted by molar-refractivity contribution is 0.0331. The van der Waals surface area contributed by atoms with E-state index in [1.165, 1.54) is 30.3 Å². The number of benzene rings is 4. The van der Waals surface area contributed by atoms with E-state index in [0.717, 1.165) is 16.0 Å². The number of urea groups is 1. The van der Waals surface area contributed by atoms with Crippen molar-refractivity contribution in [1.82, 2.24) is 4.90 Å². The number of nitrogens with one attached hydrogen (secondary N) is 1. The van der Waals surface area contributed by atoms with E-state index in [1.807, 2.05) is 36.4 Å². The molecule has 1 N–H and O–H groups in total. The molecular weight excluding hydrogens is 591 g/mol. The highest BCUT2D eigenvalue weighted by Crippen LogP contribution is 2.20. The quantitative estimate of drug-likeness (QED) is 0.143. The second-order valence-corrected chi connectivity index (χ2v) is 11.3. The number of nitrogens with zero attached hydrogens (tertiary/aromatic N) is 1. The van der Waals surface area contributed by atoms with Gasteiger partial charge in [0.2, 0.25) is 0 Å². The largest absolute Gasteiger partial charge is 0.457 e. The highest BCUT2D eigenvalue weighted by Gasteiger charge is 2.28. The Labute approximate surface area is 266 Å². The number of rotatable bonds is 10. The number of carbonyl (C=O) groups is 4. The van der Waals surface area contributed by atoms with Crippen LogP contribution in [0.2, 0.25) is 0 Å². The Morgan fingerprint density at radius 2 is 1.22 bits per heavy atom. The Balaban J connectivity index is 1.59. The van der Waals surface area contributed by atoms with E-state index in [0.29, 0.717) is 5.56 Å². The van der Waals surface area contributed by atoms with Gasteiger partial charge < -0.3 is 19.5 Å². The first-order chi connectivity index (χ1) is 22.0. The molecule has 0 spiro atoms. The number of hydrogen-bond acceptors (Lipinski definition) is 7. The molecule has 0 atom stereocenters. The second-order valence-electron chi connectivity index (χ2n) is 11.3. The highest BCUT2D eigenvalue weighted by atomic mass is 19.1. The molecule has 238 valence electrons. The molecule has 10 heteroatoms. The summed E-state index contributed by atoms with van der Waals surface area (Å²) in [7, 11) is 0. The first-order valence-corrected chi connectivity index (χ1v) is 14.6. The fraction of sp³-hybridized carbons (Fsp3) is 0.222. The first kappa shape index (κ1) is 33.4. The van der Waals surface area contributed by atoms with Crippen molar-refractivity contribution in [2.24, 2.45) is 0 Å². The van der Waals surface area contributed by atoms with E-state index in [9.17, 15) is 23.6 Å². The van der Waals surface area contributed by atoms with Crippen LogP contribution in [-0.4, -0.2) is 41.1 Å². The van der Waals surface area contributed by atoms with Crippen LogP contribution in [0.15, 0.2) is 103 Å². The summed E-state index contributed by atoms with van der Waals surface area (Å²) >= 11 is 0. The van der Waals surface area contributed by atoms with Gasteiger partial charge in [-0.15, -0.1) is 0 Å². The van der Waals surface area contributed by atoms with Gasteiger partial charge in [-0.2, -0.15) is 0 Å². The monoisotopic (exact) mass is 626 g/mol. The van der Waals surface area contributed by atoms with Crippen molar-refractivity contribution >= 4 is 29.8 Å². The lowest BCUT2D eigenvalue weighted by Gasteiger charge is -2.26. The van der Waals surface area contributed by atoms with Crippen LogP contribution < -0.4 is 5.32 Å². The molecule has 3 amide bonds. The normalized spacial score (nSPS) is 10.9. The molecule has 0 fully saturated rings. The fourth-order valence-corrected chi connectivity index (χ4v) is 4.27. The standard InChI is InChI=1S/C36H35FN2O7/c1-36(2,3)46-35(43)39(19-18-27-16-10-11-17-31(27)37)34(42)38-30-21-28(32(40)44-23-25-12-6-4-7-13-25)20-29(22-30)33(41)45-24-26-14-8-5-9-15-26/h4-17,20-22H,18-19,23-24H2,1-3H3,(H,38,42). The number of halogens is 1. The minimum Gasteiger partial charge on any atom is -0.457 e. The molecule has 0 aliphatic heterocycles. The van der Waals surface area contributed by atoms with Gasteiger partial charge in [0.05, 0.1) is 11.1 Å². The summed E-state index contributed by atoms with van der Waals surface area (Å²) in [6.45, 7) is 4.69. The number of esters is 2. The van der Waals surface area contributed by atoms with Crippen LogP contribution in [0.5, 0.6) is 0 Å². The van der Waals surface area contributed by atoms with E-state index >= 15 is 0 Å². The average Bonchev–Trinajstić information content (AvgIpc) is 3.03. The Morgan fingerprint density at radius 3 is 1.72 bits per heavy atom. The Bertz CT molecular complexity index is 1600. The van der Waals surface area contributed by atoms with Crippen molar-refractivity contribution in [3.05, 3.63) is 137 Å². The molecule has 0 radical (unpaired) electrons. The van der Waals surface area contributed by atoms with Crippen LogP contribution in [0.3, 0.4) is 0 Å². The van der Waals surface area contributed by atoms with Crippen LogP contribution in [0.25, 0.3) is 0 Å². The van der Waals surface area contributed by atoms with Crippen molar-refractivity contribution in [3.63, 3.8) is 0 Å². The topological polar surface area (TPSA) is 111 Å². The lowest BCUT2D eigenvalue weighted by Crippen LogP contribution is -2.44. The smallest absolute Gasteiger partial charge is 0.418 e. The van der Waals surface area contributed by atoms with Gasteiger partial charge in [-0.05, 0) is 68.1 Å². The van der Waals surface area contributed by atoms with Gasteiger partial charge in [0, 0.05) is 12.2 Å². The van der Waals surface area contributed by atoms with Crippen molar-refractivity contribution in [1.29, 1.82) is 0 Å². The number of amides is 3. The molecule has 46 heavy (non-hydrogen) atoms. The minimum absolute atomic E-state index is 0.0161. The zero-order chi connectivity index (χ0) is 33.1. The van der Waals surface area contributed by atoms with Crippen LogP contribution in [-0.2, 0) is 33.8 Å². The molecule has 0 aliphatic carbocycles. The van der Waals surface area contributed by atoms with Crippen molar-refractivity contribution < 1.29 is 37.8 Å². The van der Waals surface area contributed by atoms with Gasteiger partial charge in [0.1, 0.15) is 24.6 Å². The summed E-state index contributed by atoms with van der Waals surface area (Å²) in [4.78, 5) is 53.6. The predicted molar refractivity (Wildman–Crippen MR) is 170 cm³/mol. The summed E-state index contributed by atoms with van der Waals surface area (Å²) in [5, 5.41) is 2.57. The molecule has 0 aromatic heterocycles. The van der Waals surface area contributed by atoms with Gasteiger partial charge in [-0.3, -0.25) is 0 Å². The zero-order valence-corrected chi connectivity index (χ0v) is 25.8. The third-order valence-electron chi connectivity index (χ3n) is 6.50. The van der Waals surface area contributed by atoms with E-state index in [-0.39, 0.29) is 43.0 Å².